The maximum Gasteiger partial charge on any atom is 0.321 e. The Bertz CT molecular complexity index is 437. The molecule has 0 aromatic carbocycles. The van der Waals surface area contributed by atoms with Crippen molar-refractivity contribution in [1.29, 1.82) is 0 Å². The Kier molecular flexibility index (Phi) is 4.04. The number of aliphatic hydroxyl groups excluding tert-OH is 1. The quantitative estimate of drug-likeness (QED) is 0.822. The highest BCUT2D eigenvalue weighted by Gasteiger charge is 2.31. The standard InChI is InChI=1S/C12H16ClN3O2/c1-16(7-10(17)8-2-3-8)12(18)15-9-4-5-14-11(13)6-9/h4-6,8,10,17H,2-3,7H2,1H3,(H,14,15,18). The third-order valence-electron chi connectivity index (χ3n) is 2.95. The summed E-state index contributed by atoms with van der Waals surface area (Å²) < 4.78 is 0. The van der Waals surface area contributed by atoms with Crippen LogP contribution >= 0.6 is 11.6 Å². The van der Waals surface area contributed by atoms with E-state index in [2.05, 4.69) is 10.3 Å². The van der Waals surface area contributed by atoms with Crippen LogP contribution in [0.3, 0.4) is 0 Å². The fourth-order valence-electron chi connectivity index (χ4n) is 1.69. The van der Waals surface area contributed by atoms with E-state index in [1.54, 1.807) is 19.2 Å². The van der Waals surface area contributed by atoms with Crippen molar-refractivity contribution in [2.45, 2.75) is 18.9 Å². The maximum atomic E-state index is 11.8. The van der Waals surface area contributed by atoms with Crippen LogP contribution in [0, 0.1) is 5.92 Å². The summed E-state index contributed by atoms with van der Waals surface area (Å²) in [5.41, 5.74) is 0.591. The number of nitrogens with one attached hydrogen (secondary N) is 1. The number of amides is 2. The number of carbonyl (C=O) groups is 1. The van der Waals surface area contributed by atoms with Gasteiger partial charge in [-0.2, -0.15) is 0 Å². The minimum absolute atomic E-state index is 0.267. The lowest BCUT2D eigenvalue weighted by Crippen LogP contribution is -2.38. The number of aromatic nitrogens is 1. The largest absolute Gasteiger partial charge is 0.391 e. The molecule has 98 valence electrons. The van der Waals surface area contributed by atoms with Gasteiger partial charge in [-0.1, -0.05) is 11.6 Å². The Morgan fingerprint density at radius 3 is 3.06 bits per heavy atom. The highest BCUT2D eigenvalue weighted by atomic mass is 35.5. The van der Waals surface area contributed by atoms with Crippen molar-refractivity contribution in [2.75, 3.05) is 18.9 Å². The number of halogens is 1. The number of aliphatic hydroxyl groups is 1. The van der Waals surface area contributed by atoms with E-state index in [1.165, 1.54) is 11.1 Å². The molecule has 6 heteroatoms. The number of hydrogen-bond donors (Lipinski definition) is 2. The van der Waals surface area contributed by atoms with Crippen molar-refractivity contribution in [3.8, 4) is 0 Å². The van der Waals surface area contributed by atoms with Gasteiger partial charge in [0.25, 0.3) is 0 Å². The lowest BCUT2D eigenvalue weighted by molar-refractivity contribution is 0.117. The number of anilines is 1. The second kappa shape index (κ2) is 5.54. The lowest BCUT2D eigenvalue weighted by Gasteiger charge is -2.21. The third-order valence-corrected chi connectivity index (χ3v) is 3.16. The van der Waals surface area contributed by atoms with Crippen molar-refractivity contribution < 1.29 is 9.90 Å². The molecule has 1 heterocycles. The Hall–Kier alpha value is -1.33. The molecule has 2 rings (SSSR count). The number of likely N-dealkylation sites (N-methyl/N-ethyl adjacent to an activating group) is 1. The zero-order chi connectivity index (χ0) is 13.1. The lowest BCUT2D eigenvalue weighted by atomic mass is 10.2. The average molecular weight is 270 g/mol. The van der Waals surface area contributed by atoms with E-state index in [0.29, 0.717) is 23.3 Å². The summed E-state index contributed by atoms with van der Waals surface area (Å²) in [7, 11) is 1.66. The second-order valence-corrected chi connectivity index (χ2v) is 4.97. The zero-order valence-corrected chi connectivity index (χ0v) is 10.9. The van der Waals surface area contributed by atoms with Gasteiger partial charge >= 0.3 is 6.03 Å². The van der Waals surface area contributed by atoms with E-state index >= 15 is 0 Å². The first-order chi connectivity index (χ1) is 8.56. The van der Waals surface area contributed by atoms with Crippen LogP contribution in [0.5, 0.6) is 0 Å². The van der Waals surface area contributed by atoms with Gasteiger partial charge in [0.1, 0.15) is 5.15 Å². The highest BCUT2D eigenvalue weighted by molar-refractivity contribution is 6.29. The van der Waals surface area contributed by atoms with Gasteiger partial charge in [-0.05, 0) is 30.9 Å². The number of urea groups is 1. The fourth-order valence-corrected chi connectivity index (χ4v) is 1.87. The number of carbonyl (C=O) groups excluding carboxylic acids is 1. The van der Waals surface area contributed by atoms with Crippen LogP contribution in [0.15, 0.2) is 18.3 Å². The molecule has 1 unspecified atom stereocenters. The molecule has 0 saturated heterocycles. The highest BCUT2D eigenvalue weighted by Crippen LogP contribution is 2.32. The van der Waals surface area contributed by atoms with Crippen molar-refractivity contribution in [3.63, 3.8) is 0 Å². The topological polar surface area (TPSA) is 65.5 Å². The van der Waals surface area contributed by atoms with E-state index in [4.69, 9.17) is 11.6 Å². The van der Waals surface area contributed by atoms with Gasteiger partial charge in [0.15, 0.2) is 0 Å². The van der Waals surface area contributed by atoms with Crippen LogP contribution in [0.4, 0.5) is 10.5 Å². The average Bonchev–Trinajstić information content (AvgIpc) is 3.12. The van der Waals surface area contributed by atoms with E-state index in [1.807, 2.05) is 0 Å². The van der Waals surface area contributed by atoms with Gasteiger partial charge in [0, 0.05) is 25.5 Å². The number of rotatable bonds is 4. The van der Waals surface area contributed by atoms with Gasteiger partial charge in [-0.25, -0.2) is 9.78 Å². The molecule has 1 fully saturated rings. The molecular weight excluding hydrogens is 254 g/mol. The van der Waals surface area contributed by atoms with Crippen molar-refractivity contribution in [3.05, 3.63) is 23.5 Å². The Balaban J connectivity index is 1.86. The molecule has 5 nitrogen and oxygen atoms in total. The first-order valence-electron chi connectivity index (χ1n) is 5.88. The molecule has 2 N–H and O–H groups in total. The van der Waals surface area contributed by atoms with Gasteiger partial charge in [0.05, 0.1) is 6.10 Å². The first kappa shape index (κ1) is 13.1. The Morgan fingerprint density at radius 2 is 2.44 bits per heavy atom. The number of hydrogen-bond acceptors (Lipinski definition) is 3. The molecule has 1 aliphatic carbocycles. The van der Waals surface area contributed by atoms with Gasteiger partial charge < -0.3 is 15.3 Å². The van der Waals surface area contributed by atoms with E-state index < -0.39 is 6.10 Å². The van der Waals surface area contributed by atoms with Crippen LogP contribution in [-0.4, -0.2) is 40.7 Å². The summed E-state index contributed by atoms with van der Waals surface area (Å²) in [6.45, 7) is 0.343. The van der Waals surface area contributed by atoms with E-state index in [-0.39, 0.29) is 6.03 Å². The summed E-state index contributed by atoms with van der Waals surface area (Å²) in [6, 6.07) is 2.97. The molecule has 1 aromatic heterocycles. The molecule has 0 aliphatic heterocycles. The molecule has 1 atom stereocenters. The van der Waals surface area contributed by atoms with Crippen LogP contribution in [0.1, 0.15) is 12.8 Å². The minimum atomic E-state index is -0.429. The summed E-state index contributed by atoms with van der Waals surface area (Å²) >= 11 is 5.73. The molecule has 1 saturated carbocycles. The van der Waals surface area contributed by atoms with Crippen LogP contribution < -0.4 is 5.32 Å². The molecule has 1 aliphatic rings. The SMILES string of the molecule is CN(CC(O)C1CC1)C(=O)Nc1ccnc(Cl)c1. The van der Waals surface area contributed by atoms with Crippen LogP contribution in [0.25, 0.3) is 0 Å². The van der Waals surface area contributed by atoms with Crippen LogP contribution in [0.2, 0.25) is 5.15 Å². The summed E-state index contributed by atoms with van der Waals surface area (Å²) in [4.78, 5) is 17.1. The Labute approximate surface area is 111 Å². The predicted molar refractivity (Wildman–Crippen MR) is 69.6 cm³/mol. The van der Waals surface area contributed by atoms with Gasteiger partial charge in [-0.3, -0.25) is 0 Å². The van der Waals surface area contributed by atoms with Crippen molar-refractivity contribution >= 4 is 23.3 Å². The van der Waals surface area contributed by atoms with E-state index in [0.717, 1.165) is 12.8 Å². The van der Waals surface area contributed by atoms with Crippen molar-refractivity contribution in [2.24, 2.45) is 5.92 Å². The molecule has 1 aromatic rings. The van der Waals surface area contributed by atoms with Gasteiger partial charge in [-0.15, -0.1) is 0 Å². The minimum Gasteiger partial charge on any atom is -0.391 e. The molecule has 2 amide bonds. The summed E-state index contributed by atoms with van der Waals surface area (Å²) in [6.07, 6.45) is 3.20. The second-order valence-electron chi connectivity index (χ2n) is 4.58. The molecule has 0 radical (unpaired) electrons. The fraction of sp³-hybridized carbons (Fsp3) is 0.500. The molecule has 0 spiro atoms. The molecule has 18 heavy (non-hydrogen) atoms. The third kappa shape index (κ3) is 3.58. The number of nitrogens with zero attached hydrogens (tertiary/aromatic N) is 2. The summed E-state index contributed by atoms with van der Waals surface area (Å²) in [5.74, 6) is 0.357. The normalized spacial score (nSPS) is 16.2. The monoisotopic (exact) mass is 269 g/mol. The predicted octanol–water partition coefficient (Wildman–Crippen LogP) is 1.97. The van der Waals surface area contributed by atoms with Gasteiger partial charge in [0.2, 0.25) is 0 Å². The molecular formula is C12H16ClN3O2. The maximum absolute atomic E-state index is 11.8. The first-order valence-corrected chi connectivity index (χ1v) is 6.26. The van der Waals surface area contributed by atoms with Crippen LogP contribution in [-0.2, 0) is 0 Å². The zero-order valence-electron chi connectivity index (χ0n) is 10.1. The number of pyridine rings is 1. The van der Waals surface area contributed by atoms with Crippen molar-refractivity contribution in [1.82, 2.24) is 9.88 Å². The van der Waals surface area contributed by atoms with E-state index in [9.17, 15) is 9.90 Å². The smallest absolute Gasteiger partial charge is 0.321 e. The Morgan fingerprint density at radius 1 is 1.72 bits per heavy atom. The summed E-state index contributed by atoms with van der Waals surface area (Å²) in [5, 5.41) is 12.8. The molecule has 0 bridgehead atoms.